The van der Waals surface area contributed by atoms with Gasteiger partial charge in [-0.2, -0.15) is 0 Å². The lowest BCUT2D eigenvalue weighted by atomic mass is 9.90. The maximum atomic E-state index is 12.5. The fourth-order valence-corrected chi connectivity index (χ4v) is 4.77. The smallest absolute Gasteiger partial charge is 0.349 e. The van der Waals surface area contributed by atoms with Crippen molar-refractivity contribution in [1.29, 1.82) is 0 Å². The Hall–Kier alpha value is -2.14. The highest BCUT2D eigenvalue weighted by Gasteiger charge is 2.24. The lowest BCUT2D eigenvalue weighted by molar-refractivity contribution is -0.123. The van der Waals surface area contributed by atoms with Crippen LogP contribution in [0.3, 0.4) is 0 Å². The minimum Gasteiger partial charge on any atom is -0.448 e. The summed E-state index contributed by atoms with van der Waals surface area (Å²) in [6.45, 7) is 9.80. The van der Waals surface area contributed by atoms with Crippen molar-refractivity contribution in [3.05, 3.63) is 50.2 Å². The number of thiophene rings is 1. The number of anilines is 1. The predicted molar refractivity (Wildman–Crippen MR) is 110 cm³/mol. The number of carbonyl (C=O) groups is 2. The summed E-state index contributed by atoms with van der Waals surface area (Å²) in [5, 5.41) is 2.90. The van der Waals surface area contributed by atoms with Crippen LogP contribution in [0.2, 0.25) is 0 Å². The monoisotopic (exact) mass is 385 g/mol. The molecule has 1 aliphatic carbocycles. The summed E-state index contributed by atoms with van der Waals surface area (Å²) in [5.41, 5.74) is 5.19. The van der Waals surface area contributed by atoms with Crippen LogP contribution in [0, 0.1) is 26.7 Å². The lowest BCUT2D eigenvalue weighted by Crippen LogP contribution is -2.30. The van der Waals surface area contributed by atoms with Crippen LogP contribution in [0.5, 0.6) is 0 Å². The number of esters is 1. The topological polar surface area (TPSA) is 55.4 Å². The lowest BCUT2D eigenvalue weighted by Gasteiger charge is -2.16. The van der Waals surface area contributed by atoms with Crippen molar-refractivity contribution in [3.8, 4) is 0 Å². The Morgan fingerprint density at radius 1 is 1.19 bits per heavy atom. The van der Waals surface area contributed by atoms with Gasteiger partial charge in [0.05, 0.1) is 0 Å². The fourth-order valence-electron chi connectivity index (χ4n) is 3.68. The molecule has 4 nitrogen and oxygen atoms in total. The van der Waals surface area contributed by atoms with Crippen LogP contribution in [0.15, 0.2) is 18.2 Å². The zero-order valence-corrected chi connectivity index (χ0v) is 17.5. The summed E-state index contributed by atoms with van der Waals surface area (Å²) < 4.78 is 5.44. The molecule has 27 heavy (non-hydrogen) atoms. The number of rotatable bonds is 4. The number of aryl methyl sites for hydroxylation is 4. The van der Waals surface area contributed by atoms with Gasteiger partial charge in [-0.15, -0.1) is 11.3 Å². The minimum atomic E-state index is -0.851. The fraction of sp³-hybridized carbons (Fsp3) is 0.455. The van der Waals surface area contributed by atoms with Gasteiger partial charge < -0.3 is 10.1 Å². The van der Waals surface area contributed by atoms with Crippen LogP contribution >= 0.6 is 11.3 Å². The van der Waals surface area contributed by atoms with Crippen molar-refractivity contribution in [2.24, 2.45) is 5.92 Å². The van der Waals surface area contributed by atoms with Gasteiger partial charge in [-0.1, -0.05) is 24.6 Å². The third-order valence-electron chi connectivity index (χ3n) is 5.11. The molecule has 1 aliphatic rings. The molecule has 5 heteroatoms. The molecule has 1 heterocycles. The average Bonchev–Trinajstić information content (AvgIpc) is 3.01. The Bertz CT molecular complexity index is 861. The van der Waals surface area contributed by atoms with E-state index in [4.69, 9.17) is 4.74 Å². The zero-order valence-electron chi connectivity index (χ0n) is 16.6. The second kappa shape index (κ2) is 7.85. The van der Waals surface area contributed by atoms with Crippen LogP contribution in [0.1, 0.15) is 57.1 Å². The van der Waals surface area contributed by atoms with Crippen molar-refractivity contribution in [1.82, 2.24) is 0 Å². The van der Waals surface area contributed by atoms with Gasteiger partial charge in [-0.3, -0.25) is 4.79 Å². The first-order valence-electron chi connectivity index (χ1n) is 9.46. The molecule has 1 aromatic carbocycles. The van der Waals surface area contributed by atoms with Crippen molar-refractivity contribution < 1.29 is 14.3 Å². The van der Waals surface area contributed by atoms with Crippen LogP contribution in [-0.2, 0) is 22.4 Å². The van der Waals surface area contributed by atoms with Crippen molar-refractivity contribution >= 4 is 28.9 Å². The highest BCUT2D eigenvalue weighted by molar-refractivity contribution is 7.14. The Morgan fingerprint density at radius 2 is 1.85 bits per heavy atom. The summed E-state index contributed by atoms with van der Waals surface area (Å²) in [5.74, 6) is -0.0722. The number of benzene rings is 1. The largest absolute Gasteiger partial charge is 0.448 e. The van der Waals surface area contributed by atoms with E-state index in [2.05, 4.69) is 12.2 Å². The average molecular weight is 386 g/mol. The molecule has 0 spiro atoms. The SMILES string of the molecule is Cc1cc(C)c(NC(=O)[C@H](C)OC(=O)c2cc3c(s2)CC[C@H](C)C3)c(C)c1. The van der Waals surface area contributed by atoms with Gasteiger partial charge in [0.2, 0.25) is 0 Å². The molecule has 3 rings (SSSR count). The normalized spacial score (nSPS) is 17.1. The Labute approximate surface area is 164 Å². The molecule has 2 atom stereocenters. The molecule has 0 unspecified atom stereocenters. The molecule has 144 valence electrons. The first-order valence-corrected chi connectivity index (χ1v) is 10.3. The first-order chi connectivity index (χ1) is 12.7. The molecule has 1 amide bonds. The van der Waals surface area contributed by atoms with Gasteiger partial charge in [-0.25, -0.2) is 4.79 Å². The second-order valence-electron chi connectivity index (χ2n) is 7.72. The summed E-state index contributed by atoms with van der Waals surface area (Å²) in [7, 11) is 0. The summed E-state index contributed by atoms with van der Waals surface area (Å²) >= 11 is 1.50. The third kappa shape index (κ3) is 4.41. The van der Waals surface area contributed by atoms with Gasteiger partial charge in [0.25, 0.3) is 5.91 Å². The summed E-state index contributed by atoms with van der Waals surface area (Å²) in [6.07, 6.45) is 2.35. The van der Waals surface area contributed by atoms with Crippen LogP contribution in [0.25, 0.3) is 0 Å². The van der Waals surface area contributed by atoms with Gasteiger partial charge >= 0.3 is 5.97 Å². The Balaban J connectivity index is 1.66. The standard InChI is InChI=1S/C22H27NO3S/c1-12-6-7-18-17(10-12)11-19(27-18)22(25)26-16(5)21(24)23-20-14(3)8-13(2)9-15(20)4/h8-9,11-12,16H,6-7,10H2,1-5H3,(H,23,24)/t12-,16-/m0/s1. The third-order valence-corrected chi connectivity index (χ3v) is 6.33. The molecule has 0 saturated carbocycles. The van der Waals surface area contributed by atoms with Crippen molar-refractivity contribution in [2.75, 3.05) is 5.32 Å². The van der Waals surface area contributed by atoms with E-state index in [0.717, 1.165) is 41.6 Å². The maximum absolute atomic E-state index is 12.5. The number of carbonyl (C=O) groups excluding carboxylic acids is 2. The van der Waals surface area contributed by atoms with E-state index in [-0.39, 0.29) is 5.91 Å². The molecule has 0 bridgehead atoms. The molecule has 2 aromatic rings. The molecule has 0 saturated heterocycles. The van der Waals surface area contributed by atoms with E-state index in [1.54, 1.807) is 6.92 Å². The highest BCUT2D eigenvalue weighted by Crippen LogP contribution is 2.32. The molecular formula is C22H27NO3S. The van der Waals surface area contributed by atoms with Gasteiger partial charge in [0, 0.05) is 10.6 Å². The molecular weight excluding hydrogens is 358 g/mol. The zero-order chi connectivity index (χ0) is 19.7. The summed E-state index contributed by atoms with van der Waals surface area (Å²) in [4.78, 5) is 26.9. The van der Waals surface area contributed by atoms with Gasteiger partial charge in [0.1, 0.15) is 4.88 Å². The Morgan fingerprint density at radius 3 is 2.52 bits per heavy atom. The van der Waals surface area contributed by atoms with E-state index in [1.165, 1.54) is 21.8 Å². The van der Waals surface area contributed by atoms with Crippen LogP contribution in [0.4, 0.5) is 5.69 Å². The van der Waals surface area contributed by atoms with E-state index in [1.807, 2.05) is 39.0 Å². The van der Waals surface area contributed by atoms with Crippen molar-refractivity contribution in [3.63, 3.8) is 0 Å². The van der Waals surface area contributed by atoms with E-state index in [0.29, 0.717) is 10.8 Å². The summed E-state index contributed by atoms with van der Waals surface area (Å²) in [6, 6.07) is 5.99. The Kier molecular flexibility index (Phi) is 5.70. The highest BCUT2D eigenvalue weighted by atomic mass is 32.1. The van der Waals surface area contributed by atoms with E-state index in [9.17, 15) is 9.59 Å². The van der Waals surface area contributed by atoms with E-state index < -0.39 is 12.1 Å². The molecule has 0 radical (unpaired) electrons. The van der Waals surface area contributed by atoms with Crippen molar-refractivity contribution in [2.45, 2.75) is 60.0 Å². The molecule has 1 aromatic heterocycles. The number of hydrogen-bond acceptors (Lipinski definition) is 4. The molecule has 0 aliphatic heterocycles. The van der Waals surface area contributed by atoms with Gasteiger partial charge in [0.15, 0.2) is 6.10 Å². The van der Waals surface area contributed by atoms with Gasteiger partial charge in [-0.05, 0) is 75.6 Å². The quantitative estimate of drug-likeness (QED) is 0.755. The molecule has 1 N–H and O–H groups in total. The molecule has 0 fully saturated rings. The number of fused-ring (bicyclic) bond motifs is 1. The van der Waals surface area contributed by atoms with Crippen LogP contribution in [-0.4, -0.2) is 18.0 Å². The van der Waals surface area contributed by atoms with Crippen LogP contribution < -0.4 is 5.32 Å². The number of nitrogens with one attached hydrogen (secondary N) is 1. The van der Waals surface area contributed by atoms with E-state index >= 15 is 0 Å². The number of amides is 1. The first kappa shape index (κ1) is 19.6. The number of hydrogen-bond donors (Lipinski definition) is 1. The number of ether oxygens (including phenoxy) is 1. The minimum absolute atomic E-state index is 0.312. The second-order valence-corrected chi connectivity index (χ2v) is 8.85. The maximum Gasteiger partial charge on any atom is 0.349 e. The predicted octanol–water partition coefficient (Wildman–Crippen LogP) is 4.98.